The zero-order valence-electron chi connectivity index (χ0n) is 20.3. The van der Waals surface area contributed by atoms with Crippen LogP contribution in [-0.2, 0) is 14.9 Å². The average Bonchev–Trinajstić information content (AvgIpc) is 3.46. The highest BCUT2D eigenvalue weighted by Gasteiger charge is 2.67. The van der Waals surface area contributed by atoms with Crippen molar-refractivity contribution in [2.24, 2.45) is 17.8 Å². The van der Waals surface area contributed by atoms with E-state index in [1.54, 1.807) is 12.1 Å². The summed E-state index contributed by atoms with van der Waals surface area (Å²) >= 11 is 0. The molecule has 4 heterocycles. The van der Waals surface area contributed by atoms with Crippen molar-refractivity contribution in [1.82, 2.24) is 15.8 Å². The minimum Gasteiger partial charge on any atom is -0.378 e. The van der Waals surface area contributed by atoms with Crippen molar-refractivity contribution in [3.63, 3.8) is 0 Å². The van der Waals surface area contributed by atoms with E-state index in [0.717, 1.165) is 74.6 Å². The number of hydrazine groups is 1. The molecule has 5 aliphatic rings. The van der Waals surface area contributed by atoms with Gasteiger partial charge in [0.05, 0.1) is 18.6 Å². The third kappa shape index (κ3) is 3.66. The maximum absolute atomic E-state index is 14.0. The molecule has 7 rings (SSSR count). The molecule has 2 aromatic rings. The number of rotatable bonds is 4. The van der Waals surface area contributed by atoms with E-state index in [1.807, 2.05) is 6.20 Å². The van der Waals surface area contributed by atoms with Crippen molar-refractivity contribution in [2.45, 2.75) is 43.2 Å². The van der Waals surface area contributed by atoms with Crippen LogP contribution in [0.4, 0.5) is 15.9 Å². The summed E-state index contributed by atoms with van der Waals surface area (Å²) in [5.74, 6) is 2.10. The van der Waals surface area contributed by atoms with Crippen molar-refractivity contribution in [2.75, 3.05) is 36.5 Å². The van der Waals surface area contributed by atoms with Crippen LogP contribution in [0.5, 0.6) is 0 Å². The number of amides is 1. The van der Waals surface area contributed by atoms with Crippen LogP contribution >= 0.6 is 0 Å². The van der Waals surface area contributed by atoms with Gasteiger partial charge in [0, 0.05) is 37.1 Å². The molecule has 36 heavy (non-hydrogen) atoms. The highest BCUT2D eigenvalue weighted by Crippen LogP contribution is 2.65. The van der Waals surface area contributed by atoms with Gasteiger partial charge in [-0.2, -0.15) is 0 Å². The van der Waals surface area contributed by atoms with E-state index in [0.29, 0.717) is 23.8 Å². The van der Waals surface area contributed by atoms with E-state index in [2.05, 4.69) is 50.3 Å². The lowest BCUT2D eigenvalue weighted by molar-refractivity contribution is -0.118. The molecular weight excluding hydrogens is 457 g/mol. The van der Waals surface area contributed by atoms with Crippen LogP contribution in [-0.4, -0.2) is 49.3 Å². The lowest BCUT2D eigenvalue weighted by atomic mass is 9.73. The van der Waals surface area contributed by atoms with E-state index < -0.39 is 5.41 Å². The van der Waals surface area contributed by atoms with Gasteiger partial charge in [0.25, 0.3) is 0 Å². The molecule has 0 bridgehead atoms. The number of hydrogen-bond donors (Lipinski definition) is 3. The minimum atomic E-state index is -0.513. The third-order valence-corrected chi connectivity index (χ3v) is 9.14. The summed E-state index contributed by atoms with van der Waals surface area (Å²) in [4.78, 5) is 19.8. The Hall–Kier alpha value is -2.81. The van der Waals surface area contributed by atoms with Gasteiger partial charge in [-0.05, 0) is 84.9 Å². The van der Waals surface area contributed by atoms with Crippen LogP contribution in [0.1, 0.15) is 36.8 Å². The molecule has 6 atom stereocenters. The quantitative estimate of drug-likeness (QED) is 0.612. The highest BCUT2D eigenvalue weighted by molar-refractivity contribution is 6.08. The third-order valence-electron chi connectivity index (χ3n) is 9.14. The Morgan fingerprint density at radius 3 is 2.86 bits per heavy atom. The molecule has 8 heteroatoms. The normalized spacial score (nSPS) is 35.2. The number of fused-ring (bicyclic) bond motifs is 3. The highest BCUT2D eigenvalue weighted by atomic mass is 19.1. The van der Waals surface area contributed by atoms with Crippen molar-refractivity contribution in [3.8, 4) is 0 Å². The van der Waals surface area contributed by atoms with Crippen LogP contribution in [0.25, 0.3) is 6.08 Å². The minimum absolute atomic E-state index is 0.0572. The average molecular weight is 490 g/mol. The molecule has 3 aliphatic heterocycles. The number of halogens is 1. The molecule has 1 amide bonds. The van der Waals surface area contributed by atoms with Crippen LogP contribution < -0.4 is 21.1 Å². The molecule has 1 spiro atoms. The van der Waals surface area contributed by atoms with Gasteiger partial charge in [-0.1, -0.05) is 12.2 Å². The van der Waals surface area contributed by atoms with Gasteiger partial charge in [-0.25, -0.2) is 9.37 Å². The van der Waals surface area contributed by atoms with E-state index in [9.17, 15) is 9.18 Å². The van der Waals surface area contributed by atoms with Gasteiger partial charge in [0.2, 0.25) is 5.91 Å². The summed E-state index contributed by atoms with van der Waals surface area (Å²) < 4.78 is 19.4. The van der Waals surface area contributed by atoms with Crippen LogP contribution in [0.3, 0.4) is 0 Å². The standard InChI is InChI=1S/C28H32FN5O2/c29-19-4-7-24-21(14-19)28(27(35)31-24)15-22(28)18-3-5-20-23(32-33-25(20)13-18)6-1-17-2-8-26(30-16-17)34-9-11-36-12-10-34/h1-2,4,6-8,14,16,18,20,22-23,25,32-33H,3,5,9-13,15H2,(H,31,35)/b6-1+/t18?,20?,22-,23?,25?,28-/m0/s1. The van der Waals surface area contributed by atoms with Gasteiger partial charge >= 0.3 is 0 Å². The summed E-state index contributed by atoms with van der Waals surface area (Å²) in [6, 6.07) is 9.57. The monoisotopic (exact) mass is 489 g/mol. The van der Waals surface area contributed by atoms with Crippen molar-refractivity contribution in [1.29, 1.82) is 0 Å². The number of aromatic nitrogens is 1. The molecular formula is C28H32FN5O2. The molecule has 188 valence electrons. The SMILES string of the molecule is O=C1Nc2ccc(F)cc2[C@]12C[C@H]2C1CCC2C(/C=C/c3ccc(N4CCOCC4)nc3)NNC2C1. The molecule has 0 radical (unpaired) electrons. The number of nitrogens with zero attached hydrogens (tertiary/aromatic N) is 2. The Kier molecular flexibility index (Phi) is 5.38. The zero-order chi connectivity index (χ0) is 24.3. The Morgan fingerprint density at radius 1 is 1.14 bits per heavy atom. The Bertz CT molecular complexity index is 1200. The predicted molar refractivity (Wildman–Crippen MR) is 136 cm³/mol. The van der Waals surface area contributed by atoms with Gasteiger partial charge in [-0.3, -0.25) is 15.6 Å². The second-order valence-corrected chi connectivity index (χ2v) is 11.0. The lowest BCUT2D eigenvalue weighted by Gasteiger charge is -2.33. The fourth-order valence-electron chi connectivity index (χ4n) is 7.16. The summed E-state index contributed by atoms with van der Waals surface area (Å²) in [6.45, 7) is 3.29. The van der Waals surface area contributed by atoms with E-state index in [-0.39, 0.29) is 17.8 Å². The largest absolute Gasteiger partial charge is 0.378 e. The number of carbonyl (C=O) groups is 1. The second-order valence-electron chi connectivity index (χ2n) is 11.0. The van der Waals surface area contributed by atoms with Crippen molar-refractivity contribution >= 4 is 23.5 Å². The molecule has 2 aliphatic carbocycles. The summed E-state index contributed by atoms with van der Waals surface area (Å²) in [6.07, 6.45) is 10.5. The molecule has 2 saturated heterocycles. The topological polar surface area (TPSA) is 78.5 Å². The molecule has 7 nitrogen and oxygen atoms in total. The van der Waals surface area contributed by atoms with E-state index in [1.165, 1.54) is 6.07 Å². The maximum atomic E-state index is 14.0. The Labute approximate surface area is 210 Å². The van der Waals surface area contributed by atoms with Gasteiger partial charge in [0.1, 0.15) is 11.6 Å². The first kappa shape index (κ1) is 22.4. The fraction of sp³-hybridized carbons (Fsp3) is 0.500. The van der Waals surface area contributed by atoms with E-state index in [4.69, 9.17) is 4.74 Å². The first-order valence-corrected chi connectivity index (χ1v) is 13.2. The van der Waals surface area contributed by atoms with Gasteiger partial charge in [0.15, 0.2) is 0 Å². The summed E-state index contributed by atoms with van der Waals surface area (Å²) in [7, 11) is 0. The van der Waals surface area contributed by atoms with Crippen molar-refractivity contribution < 1.29 is 13.9 Å². The molecule has 4 fully saturated rings. The van der Waals surface area contributed by atoms with Gasteiger partial charge < -0.3 is 15.0 Å². The number of nitrogens with one attached hydrogen (secondary N) is 3. The molecule has 4 unspecified atom stereocenters. The fourth-order valence-corrected chi connectivity index (χ4v) is 7.16. The molecule has 1 aromatic carbocycles. The second kappa shape index (κ2) is 8.64. The molecule has 3 N–H and O–H groups in total. The predicted octanol–water partition coefficient (Wildman–Crippen LogP) is 3.24. The van der Waals surface area contributed by atoms with Gasteiger partial charge in [-0.15, -0.1) is 0 Å². The van der Waals surface area contributed by atoms with E-state index >= 15 is 0 Å². The van der Waals surface area contributed by atoms with Crippen LogP contribution in [0, 0.1) is 23.6 Å². The number of benzene rings is 1. The number of hydrogen-bond acceptors (Lipinski definition) is 6. The lowest BCUT2D eigenvalue weighted by Crippen LogP contribution is -2.37. The number of pyridine rings is 1. The summed E-state index contributed by atoms with van der Waals surface area (Å²) in [5.41, 5.74) is 9.27. The first-order valence-electron chi connectivity index (χ1n) is 13.2. The maximum Gasteiger partial charge on any atom is 0.235 e. The zero-order valence-corrected chi connectivity index (χ0v) is 20.3. The first-order chi connectivity index (χ1) is 17.6. The Morgan fingerprint density at radius 2 is 2.03 bits per heavy atom. The van der Waals surface area contributed by atoms with Crippen LogP contribution in [0.15, 0.2) is 42.6 Å². The number of morpholine rings is 1. The van der Waals surface area contributed by atoms with Crippen molar-refractivity contribution in [3.05, 3.63) is 59.5 Å². The summed E-state index contributed by atoms with van der Waals surface area (Å²) in [5, 5.41) is 3.00. The smallest absolute Gasteiger partial charge is 0.235 e. The molecule has 2 saturated carbocycles. The number of carbonyl (C=O) groups excluding carboxylic acids is 1. The van der Waals surface area contributed by atoms with Crippen LogP contribution in [0.2, 0.25) is 0 Å². The number of ether oxygens (including phenoxy) is 1. The molecule has 1 aromatic heterocycles. The number of anilines is 2. The Balaban J connectivity index is 0.987.